The average molecular weight is 235 g/mol. The Balaban J connectivity index is 2.33. The number of halogens is 3. The highest BCUT2D eigenvalue weighted by atomic mass is 19.4. The fourth-order valence-corrected chi connectivity index (χ4v) is 1.28. The molecule has 1 rings (SSSR count). The molecule has 0 bridgehead atoms. The molecule has 2 N–H and O–H groups in total. The largest absolute Gasteiger partial charge is 0.389 e. The number of nitrogens with one attached hydrogen (secondary N) is 2. The van der Waals surface area contributed by atoms with Crippen molar-refractivity contribution < 1.29 is 13.2 Å². The van der Waals surface area contributed by atoms with Crippen LogP contribution in [0.3, 0.4) is 0 Å². The number of aromatic amines is 1. The Morgan fingerprint density at radius 1 is 1.44 bits per heavy atom. The van der Waals surface area contributed by atoms with Gasteiger partial charge in [-0.1, -0.05) is 6.92 Å². The number of H-pyrrole nitrogens is 1. The van der Waals surface area contributed by atoms with Gasteiger partial charge in [0.2, 0.25) is 0 Å². The van der Waals surface area contributed by atoms with Crippen molar-refractivity contribution in [2.24, 2.45) is 0 Å². The summed E-state index contributed by atoms with van der Waals surface area (Å²) < 4.78 is 35.8. The lowest BCUT2D eigenvalue weighted by Gasteiger charge is -2.03. The van der Waals surface area contributed by atoms with Gasteiger partial charge in [-0.3, -0.25) is 0 Å². The first kappa shape index (κ1) is 13.0. The Hall–Kier alpha value is -1.04. The van der Waals surface area contributed by atoms with Crippen LogP contribution in [0, 0.1) is 0 Å². The molecule has 1 aromatic heterocycles. The van der Waals surface area contributed by atoms with E-state index < -0.39 is 12.6 Å². The zero-order chi connectivity index (χ0) is 12.0. The maximum atomic E-state index is 11.9. The van der Waals surface area contributed by atoms with E-state index in [1.165, 1.54) is 0 Å². The van der Waals surface area contributed by atoms with Gasteiger partial charge in [0, 0.05) is 24.9 Å². The van der Waals surface area contributed by atoms with Crippen LogP contribution in [0.4, 0.5) is 13.2 Å². The molecule has 0 saturated carbocycles. The first-order valence-corrected chi connectivity index (χ1v) is 5.31. The Kier molecular flexibility index (Phi) is 4.79. The van der Waals surface area contributed by atoms with Crippen LogP contribution < -0.4 is 5.32 Å². The van der Waals surface area contributed by atoms with Crippen LogP contribution in [0.25, 0.3) is 0 Å². The molecule has 0 aliphatic rings. The van der Waals surface area contributed by atoms with Gasteiger partial charge in [-0.05, 0) is 13.0 Å². The lowest BCUT2D eigenvalue weighted by atomic mass is 10.3. The van der Waals surface area contributed by atoms with Crippen molar-refractivity contribution in [3.05, 3.63) is 17.7 Å². The van der Waals surface area contributed by atoms with Crippen LogP contribution >= 0.6 is 0 Å². The van der Waals surface area contributed by atoms with Gasteiger partial charge in [-0.25, -0.2) is 4.98 Å². The average Bonchev–Trinajstić information content (AvgIpc) is 2.62. The van der Waals surface area contributed by atoms with Gasteiger partial charge in [0.25, 0.3) is 0 Å². The number of hydrogen-bond donors (Lipinski definition) is 2. The third-order valence-corrected chi connectivity index (χ3v) is 2.07. The van der Waals surface area contributed by atoms with E-state index in [0.717, 1.165) is 18.7 Å². The number of aryl methyl sites for hydroxylation is 1. The van der Waals surface area contributed by atoms with E-state index in [1.807, 2.05) is 0 Å². The fourth-order valence-electron chi connectivity index (χ4n) is 1.28. The summed E-state index contributed by atoms with van der Waals surface area (Å²) in [4.78, 5) is 6.77. The standard InChI is InChI=1S/C10H16F3N3/c1-2-5-14-6-8-7-15-9(16-8)3-4-10(11,12)13/h7,14H,2-6H2,1H3,(H,15,16). The zero-order valence-corrected chi connectivity index (χ0v) is 9.19. The van der Waals surface area contributed by atoms with Crippen molar-refractivity contribution in [2.75, 3.05) is 6.54 Å². The molecular weight excluding hydrogens is 219 g/mol. The summed E-state index contributed by atoms with van der Waals surface area (Å²) in [5.74, 6) is 0.394. The number of nitrogens with zero attached hydrogens (tertiary/aromatic N) is 1. The molecule has 1 aromatic rings. The maximum absolute atomic E-state index is 11.9. The Morgan fingerprint density at radius 3 is 2.81 bits per heavy atom. The van der Waals surface area contributed by atoms with Gasteiger partial charge < -0.3 is 10.3 Å². The summed E-state index contributed by atoms with van der Waals surface area (Å²) in [7, 11) is 0. The number of alkyl halides is 3. The van der Waals surface area contributed by atoms with Crippen molar-refractivity contribution >= 4 is 0 Å². The van der Waals surface area contributed by atoms with Gasteiger partial charge in [0.05, 0.1) is 6.42 Å². The second-order valence-electron chi connectivity index (χ2n) is 3.65. The molecule has 3 nitrogen and oxygen atoms in total. The molecule has 0 aromatic carbocycles. The summed E-state index contributed by atoms with van der Waals surface area (Å²) in [5, 5.41) is 3.14. The van der Waals surface area contributed by atoms with Crippen molar-refractivity contribution in [1.29, 1.82) is 0 Å². The van der Waals surface area contributed by atoms with E-state index in [0.29, 0.717) is 12.4 Å². The monoisotopic (exact) mass is 235 g/mol. The number of hydrogen-bond acceptors (Lipinski definition) is 2. The molecule has 0 radical (unpaired) electrons. The van der Waals surface area contributed by atoms with Crippen molar-refractivity contribution in [3.63, 3.8) is 0 Å². The van der Waals surface area contributed by atoms with Crippen molar-refractivity contribution in [1.82, 2.24) is 15.3 Å². The summed E-state index contributed by atoms with van der Waals surface area (Å²) in [6.07, 6.45) is -2.43. The number of aromatic nitrogens is 2. The predicted octanol–water partition coefficient (Wildman–Crippen LogP) is 2.40. The second kappa shape index (κ2) is 5.89. The summed E-state index contributed by atoms with van der Waals surface area (Å²) >= 11 is 0. The highest BCUT2D eigenvalue weighted by molar-refractivity contribution is 5.01. The molecule has 0 saturated heterocycles. The van der Waals surface area contributed by atoms with Crippen LogP contribution in [-0.4, -0.2) is 22.7 Å². The second-order valence-corrected chi connectivity index (χ2v) is 3.65. The van der Waals surface area contributed by atoms with E-state index in [4.69, 9.17) is 0 Å². The normalized spacial score (nSPS) is 12.0. The Morgan fingerprint density at radius 2 is 2.19 bits per heavy atom. The molecule has 0 aliphatic heterocycles. The lowest BCUT2D eigenvalue weighted by molar-refractivity contribution is -0.134. The Bertz CT molecular complexity index is 307. The molecule has 6 heteroatoms. The molecule has 0 amide bonds. The van der Waals surface area contributed by atoms with E-state index in [9.17, 15) is 13.2 Å². The van der Waals surface area contributed by atoms with Crippen LogP contribution in [0.2, 0.25) is 0 Å². The zero-order valence-electron chi connectivity index (χ0n) is 9.19. The summed E-state index contributed by atoms with van der Waals surface area (Å²) in [6, 6.07) is 0. The first-order chi connectivity index (χ1) is 7.51. The van der Waals surface area contributed by atoms with Gasteiger partial charge in [-0.15, -0.1) is 0 Å². The lowest BCUT2D eigenvalue weighted by Crippen LogP contribution is -2.14. The highest BCUT2D eigenvalue weighted by Gasteiger charge is 2.26. The Labute approximate surface area is 92.5 Å². The van der Waals surface area contributed by atoms with E-state index in [2.05, 4.69) is 22.2 Å². The minimum atomic E-state index is -4.12. The summed E-state index contributed by atoms with van der Waals surface area (Å²) in [5.41, 5.74) is 0.825. The molecule has 16 heavy (non-hydrogen) atoms. The van der Waals surface area contributed by atoms with E-state index >= 15 is 0 Å². The van der Waals surface area contributed by atoms with Gasteiger partial charge in [0.1, 0.15) is 5.82 Å². The highest BCUT2D eigenvalue weighted by Crippen LogP contribution is 2.21. The fraction of sp³-hybridized carbons (Fsp3) is 0.700. The third kappa shape index (κ3) is 5.16. The van der Waals surface area contributed by atoms with Crippen molar-refractivity contribution in [3.8, 4) is 0 Å². The molecule has 0 unspecified atom stereocenters. The quantitative estimate of drug-likeness (QED) is 0.743. The molecule has 92 valence electrons. The molecule has 1 heterocycles. The molecular formula is C10H16F3N3. The maximum Gasteiger partial charge on any atom is 0.389 e. The number of imidazole rings is 1. The van der Waals surface area contributed by atoms with Crippen LogP contribution in [-0.2, 0) is 13.0 Å². The predicted molar refractivity (Wildman–Crippen MR) is 55.0 cm³/mol. The molecule has 0 fully saturated rings. The summed E-state index contributed by atoms with van der Waals surface area (Å²) in [6.45, 7) is 3.55. The molecule has 0 atom stereocenters. The van der Waals surface area contributed by atoms with Crippen LogP contribution in [0.1, 0.15) is 31.3 Å². The van der Waals surface area contributed by atoms with Gasteiger partial charge in [-0.2, -0.15) is 13.2 Å². The van der Waals surface area contributed by atoms with Gasteiger partial charge >= 0.3 is 6.18 Å². The smallest absolute Gasteiger partial charge is 0.345 e. The van der Waals surface area contributed by atoms with E-state index in [-0.39, 0.29) is 6.42 Å². The molecule has 0 spiro atoms. The van der Waals surface area contributed by atoms with Crippen molar-refractivity contribution in [2.45, 2.75) is 38.9 Å². The minimum absolute atomic E-state index is 0.0860. The van der Waals surface area contributed by atoms with Crippen LogP contribution in [0.5, 0.6) is 0 Å². The van der Waals surface area contributed by atoms with E-state index in [1.54, 1.807) is 6.20 Å². The minimum Gasteiger partial charge on any atom is -0.345 e. The topological polar surface area (TPSA) is 40.7 Å². The number of rotatable bonds is 6. The van der Waals surface area contributed by atoms with Gasteiger partial charge in [0.15, 0.2) is 0 Å². The third-order valence-electron chi connectivity index (χ3n) is 2.07. The molecule has 0 aliphatic carbocycles. The van der Waals surface area contributed by atoms with Crippen LogP contribution in [0.15, 0.2) is 6.20 Å². The SMILES string of the molecule is CCCNCc1cnc(CCC(F)(F)F)[nH]1. The first-order valence-electron chi connectivity index (χ1n) is 5.31.